The van der Waals surface area contributed by atoms with Crippen LogP contribution in [0, 0.1) is 12.7 Å². The molecule has 3 N–H and O–H groups in total. The molecule has 0 fully saturated rings. The third kappa shape index (κ3) is 2.47. The summed E-state index contributed by atoms with van der Waals surface area (Å²) in [7, 11) is 0. The van der Waals surface area contributed by atoms with Crippen molar-refractivity contribution in [1.82, 2.24) is 4.98 Å². The number of aromatic nitrogens is 1. The van der Waals surface area contributed by atoms with E-state index < -0.39 is 0 Å². The molecule has 0 aliphatic rings. The summed E-state index contributed by atoms with van der Waals surface area (Å²) in [5, 5.41) is 3.26. The summed E-state index contributed by atoms with van der Waals surface area (Å²) < 4.78 is 12.9. The molecule has 1 aromatic heterocycles. The highest BCUT2D eigenvalue weighted by Gasteiger charge is 2.06. The number of aryl methyl sites for hydroxylation is 1. The van der Waals surface area contributed by atoms with Crippen molar-refractivity contribution >= 4 is 28.8 Å². The van der Waals surface area contributed by atoms with Gasteiger partial charge in [0.05, 0.1) is 16.4 Å². The molecule has 1 heterocycles. The number of anilines is 3. The molecule has 5 heteroatoms. The standard InChI is InChI=1S/C12H11ClFN3/c1-7-4-5-16-12(11(7)15)17-10-3-2-8(14)6-9(10)13/h2-6H,15H2,1H3,(H,16,17). The van der Waals surface area contributed by atoms with Gasteiger partial charge in [-0.05, 0) is 36.8 Å². The van der Waals surface area contributed by atoms with Crippen molar-refractivity contribution in [3.8, 4) is 0 Å². The normalized spacial score (nSPS) is 10.3. The van der Waals surface area contributed by atoms with Crippen LogP contribution in [0.2, 0.25) is 5.02 Å². The number of hydrogen-bond acceptors (Lipinski definition) is 3. The lowest BCUT2D eigenvalue weighted by atomic mass is 10.2. The number of rotatable bonds is 2. The Balaban J connectivity index is 2.35. The first-order chi connectivity index (χ1) is 8.08. The van der Waals surface area contributed by atoms with Gasteiger partial charge in [0.25, 0.3) is 0 Å². The van der Waals surface area contributed by atoms with E-state index in [9.17, 15) is 4.39 Å². The predicted molar refractivity (Wildman–Crippen MR) is 68.1 cm³/mol. The zero-order valence-corrected chi connectivity index (χ0v) is 9.92. The van der Waals surface area contributed by atoms with Gasteiger partial charge in [0.2, 0.25) is 0 Å². The van der Waals surface area contributed by atoms with Crippen LogP contribution in [0.25, 0.3) is 0 Å². The summed E-state index contributed by atoms with van der Waals surface area (Å²) in [4.78, 5) is 4.11. The van der Waals surface area contributed by atoms with Crippen molar-refractivity contribution in [2.75, 3.05) is 11.1 Å². The molecule has 0 aliphatic carbocycles. The largest absolute Gasteiger partial charge is 0.396 e. The van der Waals surface area contributed by atoms with Crippen LogP contribution in [-0.2, 0) is 0 Å². The van der Waals surface area contributed by atoms with Crippen LogP contribution in [-0.4, -0.2) is 4.98 Å². The molecule has 0 spiro atoms. The van der Waals surface area contributed by atoms with Crippen molar-refractivity contribution < 1.29 is 4.39 Å². The molecule has 0 unspecified atom stereocenters. The molecule has 0 bridgehead atoms. The lowest BCUT2D eigenvalue weighted by molar-refractivity contribution is 0.628. The molecule has 0 atom stereocenters. The maximum absolute atomic E-state index is 12.9. The number of pyridine rings is 1. The Hall–Kier alpha value is -1.81. The van der Waals surface area contributed by atoms with E-state index in [0.717, 1.165) is 5.56 Å². The lowest BCUT2D eigenvalue weighted by Gasteiger charge is -2.11. The first-order valence-electron chi connectivity index (χ1n) is 5.01. The maximum Gasteiger partial charge on any atom is 0.153 e. The fraction of sp³-hybridized carbons (Fsp3) is 0.0833. The second-order valence-electron chi connectivity index (χ2n) is 3.64. The minimum absolute atomic E-state index is 0.285. The zero-order valence-electron chi connectivity index (χ0n) is 9.17. The number of nitrogens with one attached hydrogen (secondary N) is 1. The van der Waals surface area contributed by atoms with Crippen molar-refractivity contribution in [2.45, 2.75) is 6.92 Å². The highest BCUT2D eigenvalue weighted by atomic mass is 35.5. The van der Waals surface area contributed by atoms with Crippen molar-refractivity contribution in [2.24, 2.45) is 0 Å². The molecule has 1 aromatic carbocycles. The fourth-order valence-corrected chi connectivity index (χ4v) is 1.60. The van der Waals surface area contributed by atoms with E-state index in [0.29, 0.717) is 17.2 Å². The van der Waals surface area contributed by atoms with E-state index in [-0.39, 0.29) is 10.8 Å². The second-order valence-corrected chi connectivity index (χ2v) is 4.05. The van der Waals surface area contributed by atoms with Gasteiger partial charge in [-0.15, -0.1) is 0 Å². The van der Waals surface area contributed by atoms with E-state index in [2.05, 4.69) is 10.3 Å². The van der Waals surface area contributed by atoms with Gasteiger partial charge in [-0.25, -0.2) is 9.37 Å². The van der Waals surface area contributed by atoms with Gasteiger partial charge in [-0.2, -0.15) is 0 Å². The lowest BCUT2D eigenvalue weighted by Crippen LogP contribution is -2.01. The molecule has 0 saturated heterocycles. The summed E-state index contributed by atoms with van der Waals surface area (Å²) in [6, 6.07) is 5.91. The quantitative estimate of drug-likeness (QED) is 0.859. The van der Waals surface area contributed by atoms with Gasteiger partial charge in [0.15, 0.2) is 5.82 Å². The SMILES string of the molecule is Cc1ccnc(Nc2ccc(F)cc2Cl)c1N. The highest BCUT2D eigenvalue weighted by Crippen LogP contribution is 2.28. The topological polar surface area (TPSA) is 50.9 Å². The van der Waals surface area contributed by atoms with Gasteiger partial charge in [-0.1, -0.05) is 11.6 Å². The third-order valence-corrected chi connectivity index (χ3v) is 2.71. The molecule has 2 rings (SSSR count). The number of nitrogens with zero attached hydrogens (tertiary/aromatic N) is 1. The van der Waals surface area contributed by atoms with Gasteiger partial charge in [0.1, 0.15) is 5.82 Å². The number of benzene rings is 1. The number of hydrogen-bond donors (Lipinski definition) is 2. The monoisotopic (exact) mass is 251 g/mol. The predicted octanol–water partition coefficient (Wildman–Crippen LogP) is 3.51. The summed E-state index contributed by atoms with van der Waals surface area (Å²) >= 11 is 5.90. The van der Waals surface area contributed by atoms with Gasteiger partial charge >= 0.3 is 0 Å². The Bertz CT molecular complexity index is 557. The van der Waals surface area contributed by atoms with Crippen molar-refractivity contribution in [3.63, 3.8) is 0 Å². The second kappa shape index (κ2) is 4.59. The van der Waals surface area contributed by atoms with Crippen molar-refractivity contribution in [3.05, 3.63) is 46.9 Å². The number of halogens is 2. The smallest absolute Gasteiger partial charge is 0.153 e. The number of nitrogens with two attached hydrogens (primary N) is 1. The Kier molecular flexibility index (Phi) is 3.15. The molecule has 0 radical (unpaired) electrons. The van der Waals surface area contributed by atoms with E-state index in [1.807, 2.05) is 13.0 Å². The Morgan fingerprint density at radius 2 is 2.12 bits per heavy atom. The minimum Gasteiger partial charge on any atom is -0.396 e. The first-order valence-corrected chi connectivity index (χ1v) is 5.39. The van der Waals surface area contributed by atoms with Gasteiger partial charge in [-0.3, -0.25) is 0 Å². The van der Waals surface area contributed by atoms with E-state index in [4.69, 9.17) is 17.3 Å². The third-order valence-electron chi connectivity index (χ3n) is 2.39. The van der Waals surface area contributed by atoms with Crippen LogP contribution in [0.15, 0.2) is 30.5 Å². The molecular weight excluding hydrogens is 241 g/mol. The summed E-state index contributed by atoms with van der Waals surface area (Å²) in [6.07, 6.45) is 1.64. The van der Waals surface area contributed by atoms with Crippen LogP contribution >= 0.6 is 11.6 Å². The van der Waals surface area contributed by atoms with Gasteiger partial charge in [0, 0.05) is 6.20 Å². The number of nitrogen functional groups attached to an aromatic ring is 1. The molecule has 2 aromatic rings. The Morgan fingerprint density at radius 3 is 2.82 bits per heavy atom. The molecular formula is C12H11ClFN3. The van der Waals surface area contributed by atoms with E-state index in [1.165, 1.54) is 12.1 Å². The first kappa shape index (κ1) is 11.7. The highest BCUT2D eigenvalue weighted by molar-refractivity contribution is 6.33. The average molecular weight is 252 g/mol. The summed E-state index contributed by atoms with van der Waals surface area (Å²) in [6.45, 7) is 1.88. The molecule has 0 aliphatic heterocycles. The average Bonchev–Trinajstić information content (AvgIpc) is 2.28. The molecule has 0 amide bonds. The van der Waals surface area contributed by atoms with Crippen molar-refractivity contribution in [1.29, 1.82) is 0 Å². The van der Waals surface area contributed by atoms with Crippen LogP contribution in [0.1, 0.15) is 5.56 Å². The van der Waals surface area contributed by atoms with Crippen LogP contribution in [0.5, 0.6) is 0 Å². The van der Waals surface area contributed by atoms with E-state index in [1.54, 1.807) is 12.3 Å². The molecule has 0 saturated carbocycles. The molecule has 3 nitrogen and oxygen atoms in total. The summed E-state index contributed by atoms with van der Waals surface area (Å²) in [5.41, 5.74) is 7.90. The minimum atomic E-state index is -0.384. The zero-order chi connectivity index (χ0) is 12.4. The summed E-state index contributed by atoms with van der Waals surface area (Å²) in [5.74, 6) is 0.129. The maximum atomic E-state index is 12.9. The van der Waals surface area contributed by atoms with Crippen LogP contribution in [0.4, 0.5) is 21.6 Å². The Morgan fingerprint density at radius 1 is 1.35 bits per heavy atom. The van der Waals surface area contributed by atoms with Gasteiger partial charge < -0.3 is 11.1 Å². The Labute approximate surface area is 103 Å². The fourth-order valence-electron chi connectivity index (χ4n) is 1.39. The van der Waals surface area contributed by atoms with Crippen LogP contribution in [0.3, 0.4) is 0 Å². The van der Waals surface area contributed by atoms with E-state index >= 15 is 0 Å². The molecule has 17 heavy (non-hydrogen) atoms. The van der Waals surface area contributed by atoms with Crippen LogP contribution < -0.4 is 11.1 Å². The molecule has 88 valence electrons.